The first-order valence-electron chi connectivity index (χ1n) is 4.04. The summed E-state index contributed by atoms with van der Waals surface area (Å²) >= 11 is 0. The van der Waals surface area contributed by atoms with Crippen LogP contribution < -0.4 is 0 Å². The molecule has 0 radical (unpaired) electrons. The molecule has 0 aliphatic heterocycles. The monoisotopic (exact) mass is 181 g/mol. The molecule has 0 bridgehead atoms. The van der Waals surface area contributed by atoms with E-state index in [1.165, 1.54) is 6.07 Å². The summed E-state index contributed by atoms with van der Waals surface area (Å²) in [6.07, 6.45) is 1.20. The summed E-state index contributed by atoms with van der Waals surface area (Å²) in [7, 11) is 0. The average Bonchev–Trinajstić information content (AvgIpc) is 2.43. The lowest BCUT2D eigenvalue weighted by molar-refractivity contribution is 0.152. The predicted octanol–water partition coefficient (Wildman–Crippen LogP) is 3.19. The predicted molar refractivity (Wildman–Crippen MR) is 47.1 cm³/mol. The third kappa shape index (κ3) is 1.30. The molecular weight excluding hydrogens is 172 g/mol. The third-order valence-corrected chi connectivity index (χ3v) is 2.04. The Kier molecular flexibility index (Phi) is 1.79. The topological polar surface area (TPSA) is 4.41 Å². The molecule has 1 nitrogen and oxygen atoms in total. The molecule has 2 aromatic rings. The number of hydrogen-bond donors (Lipinski definition) is 0. The molecule has 2 heterocycles. The van der Waals surface area contributed by atoms with E-state index in [1.807, 2.05) is 13.1 Å². The Hall–Kier alpha value is -1.38. The molecular formula is C10H9F2N. The molecule has 0 saturated carbocycles. The van der Waals surface area contributed by atoms with Crippen LogP contribution in [0.2, 0.25) is 0 Å². The number of aromatic nitrogens is 1. The second kappa shape index (κ2) is 2.83. The van der Waals surface area contributed by atoms with E-state index in [2.05, 4.69) is 0 Å². The molecule has 0 saturated heterocycles. The van der Waals surface area contributed by atoms with Crippen LogP contribution in [-0.2, 0) is 0 Å². The SMILES string of the molecule is Cc1cc2c(C(F)F)cccn2c1. The van der Waals surface area contributed by atoms with Crippen LogP contribution >= 0.6 is 0 Å². The zero-order valence-electron chi connectivity index (χ0n) is 7.17. The van der Waals surface area contributed by atoms with Gasteiger partial charge < -0.3 is 4.40 Å². The Labute approximate surface area is 74.6 Å². The molecule has 0 aromatic carbocycles. The zero-order chi connectivity index (χ0) is 9.42. The van der Waals surface area contributed by atoms with Gasteiger partial charge in [-0.3, -0.25) is 0 Å². The average molecular weight is 181 g/mol. The van der Waals surface area contributed by atoms with Crippen molar-refractivity contribution in [1.82, 2.24) is 4.40 Å². The van der Waals surface area contributed by atoms with Gasteiger partial charge in [0.15, 0.2) is 0 Å². The summed E-state index contributed by atoms with van der Waals surface area (Å²) in [6, 6.07) is 4.86. The fourth-order valence-electron chi connectivity index (χ4n) is 1.48. The normalized spacial score (nSPS) is 11.4. The highest BCUT2D eigenvalue weighted by atomic mass is 19.3. The molecule has 0 aliphatic carbocycles. The standard InChI is InChI=1S/C10H9F2N/c1-7-5-9-8(10(11)12)3-2-4-13(9)6-7/h2-6,10H,1H3. The Bertz CT molecular complexity index is 431. The van der Waals surface area contributed by atoms with E-state index < -0.39 is 6.43 Å². The first kappa shape index (κ1) is 8.23. The van der Waals surface area contributed by atoms with Crippen LogP contribution in [0.25, 0.3) is 5.52 Å². The van der Waals surface area contributed by atoms with Crippen molar-refractivity contribution in [3.8, 4) is 0 Å². The molecule has 2 aromatic heterocycles. The first-order chi connectivity index (χ1) is 6.18. The molecule has 0 fully saturated rings. The van der Waals surface area contributed by atoms with Gasteiger partial charge in [-0.2, -0.15) is 0 Å². The van der Waals surface area contributed by atoms with Crippen molar-refractivity contribution in [1.29, 1.82) is 0 Å². The second-order valence-corrected chi connectivity index (χ2v) is 3.07. The number of halogens is 2. The van der Waals surface area contributed by atoms with Crippen LogP contribution in [0.5, 0.6) is 0 Å². The summed E-state index contributed by atoms with van der Waals surface area (Å²) in [4.78, 5) is 0. The van der Waals surface area contributed by atoms with Gasteiger partial charge in [-0.15, -0.1) is 0 Å². The number of aryl methyl sites for hydroxylation is 1. The van der Waals surface area contributed by atoms with Gasteiger partial charge in [-0.05, 0) is 30.7 Å². The molecule has 0 unspecified atom stereocenters. The number of pyridine rings is 1. The Balaban J connectivity index is 2.75. The minimum absolute atomic E-state index is 0.0931. The van der Waals surface area contributed by atoms with Gasteiger partial charge in [0.2, 0.25) is 0 Å². The Morgan fingerprint density at radius 2 is 2.15 bits per heavy atom. The summed E-state index contributed by atoms with van der Waals surface area (Å²) < 4.78 is 26.7. The first-order valence-corrected chi connectivity index (χ1v) is 4.04. The number of rotatable bonds is 1. The minimum atomic E-state index is -2.40. The van der Waals surface area contributed by atoms with E-state index in [0.717, 1.165) is 5.56 Å². The maximum atomic E-state index is 12.5. The fourth-order valence-corrected chi connectivity index (χ4v) is 1.48. The summed E-state index contributed by atoms with van der Waals surface area (Å²) in [5, 5.41) is 0. The number of hydrogen-bond acceptors (Lipinski definition) is 0. The van der Waals surface area contributed by atoms with Gasteiger partial charge in [0.25, 0.3) is 6.43 Å². The van der Waals surface area contributed by atoms with Crippen LogP contribution in [0.15, 0.2) is 30.6 Å². The van der Waals surface area contributed by atoms with Crippen LogP contribution in [0, 0.1) is 6.92 Å². The highest BCUT2D eigenvalue weighted by Crippen LogP contribution is 2.24. The van der Waals surface area contributed by atoms with Crippen molar-refractivity contribution in [2.45, 2.75) is 13.3 Å². The van der Waals surface area contributed by atoms with Crippen molar-refractivity contribution >= 4 is 5.52 Å². The largest absolute Gasteiger partial charge is 0.323 e. The van der Waals surface area contributed by atoms with Crippen molar-refractivity contribution in [3.05, 3.63) is 41.7 Å². The van der Waals surface area contributed by atoms with Crippen LogP contribution in [0.4, 0.5) is 8.78 Å². The third-order valence-electron chi connectivity index (χ3n) is 2.04. The van der Waals surface area contributed by atoms with E-state index in [1.54, 1.807) is 22.7 Å². The van der Waals surface area contributed by atoms with Gasteiger partial charge in [-0.25, -0.2) is 8.78 Å². The van der Waals surface area contributed by atoms with Crippen molar-refractivity contribution in [3.63, 3.8) is 0 Å². The molecule has 2 rings (SSSR count). The Morgan fingerprint density at radius 3 is 2.85 bits per heavy atom. The molecule has 68 valence electrons. The van der Waals surface area contributed by atoms with E-state index in [-0.39, 0.29) is 5.56 Å². The van der Waals surface area contributed by atoms with Crippen LogP contribution in [-0.4, -0.2) is 4.40 Å². The minimum Gasteiger partial charge on any atom is -0.323 e. The quantitative estimate of drug-likeness (QED) is 0.636. The van der Waals surface area contributed by atoms with E-state index in [4.69, 9.17) is 0 Å². The Morgan fingerprint density at radius 1 is 1.38 bits per heavy atom. The van der Waals surface area contributed by atoms with Gasteiger partial charge in [0.05, 0.1) is 5.52 Å². The summed E-state index contributed by atoms with van der Waals surface area (Å²) in [5.74, 6) is 0. The molecule has 13 heavy (non-hydrogen) atoms. The van der Waals surface area contributed by atoms with Crippen molar-refractivity contribution in [2.75, 3.05) is 0 Å². The van der Waals surface area contributed by atoms with Gasteiger partial charge in [0, 0.05) is 18.0 Å². The number of alkyl halides is 2. The van der Waals surface area contributed by atoms with E-state index in [0.29, 0.717) is 5.52 Å². The number of fused-ring (bicyclic) bond motifs is 1. The summed E-state index contributed by atoms with van der Waals surface area (Å²) in [6.45, 7) is 1.89. The molecule has 3 heteroatoms. The fraction of sp³-hybridized carbons (Fsp3) is 0.200. The maximum Gasteiger partial charge on any atom is 0.265 e. The van der Waals surface area contributed by atoms with Gasteiger partial charge >= 0.3 is 0 Å². The van der Waals surface area contributed by atoms with Gasteiger partial charge in [0.1, 0.15) is 0 Å². The van der Waals surface area contributed by atoms with E-state index >= 15 is 0 Å². The summed E-state index contributed by atoms with van der Waals surface area (Å²) in [5.41, 5.74) is 1.68. The highest BCUT2D eigenvalue weighted by molar-refractivity contribution is 5.57. The van der Waals surface area contributed by atoms with Gasteiger partial charge in [-0.1, -0.05) is 0 Å². The number of nitrogens with zero attached hydrogens (tertiary/aromatic N) is 1. The van der Waals surface area contributed by atoms with Crippen LogP contribution in [0.3, 0.4) is 0 Å². The highest BCUT2D eigenvalue weighted by Gasteiger charge is 2.11. The molecule has 0 amide bonds. The lowest BCUT2D eigenvalue weighted by Crippen LogP contribution is -1.89. The lowest BCUT2D eigenvalue weighted by Gasteiger charge is -2.01. The van der Waals surface area contributed by atoms with Crippen molar-refractivity contribution in [2.24, 2.45) is 0 Å². The smallest absolute Gasteiger partial charge is 0.265 e. The molecule has 0 atom stereocenters. The van der Waals surface area contributed by atoms with Crippen LogP contribution in [0.1, 0.15) is 17.6 Å². The molecule has 0 aliphatic rings. The lowest BCUT2D eigenvalue weighted by atomic mass is 10.2. The zero-order valence-corrected chi connectivity index (χ0v) is 7.17. The molecule has 0 spiro atoms. The van der Waals surface area contributed by atoms with Crippen molar-refractivity contribution < 1.29 is 8.78 Å². The maximum absolute atomic E-state index is 12.5. The van der Waals surface area contributed by atoms with E-state index in [9.17, 15) is 8.78 Å². The second-order valence-electron chi connectivity index (χ2n) is 3.07. The molecule has 0 N–H and O–H groups in total.